The highest BCUT2D eigenvalue weighted by Crippen LogP contribution is 2.32. The molecule has 1 aliphatic rings. The molecule has 5 rings (SSSR count). The number of hydrogen-bond acceptors (Lipinski definition) is 4. The van der Waals surface area contributed by atoms with E-state index in [0.29, 0.717) is 24.4 Å². The predicted octanol–water partition coefficient (Wildman–Crippen LogP) is 4.86. The maximum absolute atomic E-state index is 13.5. The number of methoxy groups -OCH3 is 1. The van der Waals surface area contributed by atoms with Crippen LogP contribution in [0.1, 0.15) is 33.9 Å². The second-order valence-corrected chi connectivity index (χ2v) is 8.01. The maximum Gasteiger partial charge on any atom is 0.255 e. The zero-order valence-electron chi connectivity index (χ0n) is 18.4. The Kier molecular flexibility index (Phi) is 5.81. The molecule has 33 heavy (non-hydrogen) atoms. The van der Waals surface area contributed by atoms with Crippen LogP contribution < -0.4 is 14.8 Å². The summed E-state index contributed by atoms with van der Waals surface area (Å²) in [5.74, 6) is 1.38. The molecule has 1 amide bonds. The first-order valence-electron chi connectivity index (χ1n) is 11.0. The Labute approximate surface area is 192 Å². The number of aromatic nitrogens is 2. The predicted molar refractivity (Wildman–Crippen MR) is 127 cm³/mol. The van der Waals surface area contributed by atoms with E-state index < -0.39 is 0 Å². The van der Waals surface area contributed by atoms with Gasteiger partial charge in [0, 0.05) is 23.7 Å². The molecule has 4 aromatic rings. The Balaban J connectivity index is 1.49. The van der Waals surface area contributed by atoms with Gasteiger partial charge in [0.25, 0.3) is 5.91 Å². The normalized spacial score (nSPS) is 14.8. The van der Waals surface area contributed by atoms with Crippen LogP contribution in [-0.2, 0) is 6.54 Å². The highest BCUT2D eigenvalue weighted by atomic mass is 16.5. The molecule has 0 unspecified atom stereocenters. The van der Waals surface area contributed by atoms with Crippen molar-refractivity contribution in [1.29, 1.82) is 0 Å². The lowest BCUT2D eigenvalue weighted by molar-refractivity contribution is 0.0925. The van der Waals surface area contributed by atoms with E-state index in [0.717, 1.165) is 34.6 Å². The quantitative estimate of drug-likeness (QED) is 0.466. The van der Waals surface area contributed by atoms with Gasteiger partial charge in [-0.2, -0.15) is 5.10 Å². The molecule has 6 heteroatoms. The number of nitrogens with one attached hydrogen (secondary N) is 1. The Morgan fingerprint density at radius 1 is 1.09 bits per heavy atom. The highest BCUT2D eigenvalue weighted by Gasteiger charge is 2.26. The zero-order valence-corrected chi connectivity index (χ0v) is 18.4. The third-order valence-corrected chi connectivity index (χ3v) is 5.80. The van der Waals surface area contributed by atoms with Crippen molar-refractivity contribution in [2.45, 2.75) is 19.0 Å². The van der Waals surface area contributed by atoms with Crippen LogP contribution in [-0.4, -0.2) is 29.4 Å². The van der Waals surface area contributed by atoms with E-state index in [-0.39, 0.29) is 11.9 Å². The summed E-state index contributed by atoms with van der Waals surface area (Å²) in [4.78, 5) is 13.5. The number of hydrogen-bond donors (Lipinski definition) is 1. The number of amides is 1. The van der Waals surface area contributed by atoms with Gasteiger partial charge in [-0.25, -0.2) is 0 Å². The van der Waals surface area contributed by atoms with Crippen molar-refractivity contribution in [2.24, 2.45) is 0 Å². The van der Waals surface area contributed by atoms with Crippen LogP contribution in [0.2, 0.25) is 0 Å². The highest BCUT2D eigenvalue weighted by molar-refractivity contribution is 6.00. The zero-order chi connectivity index (χ0) is 22.6. The van der Waals surface area contributed by atoms with E-state index in [2.05, 4.69) is 5.32 Å². The number of ether oxygens (including phenoxy) is 2. The average molecular weight is 440 g/mol. The van der Waals surface area contributed by atoms with Crippen LogP contribution >= 0.6 is 0 Å². The second kappa shape index (κ2) is 9.20. The first-order chi connectivity index (χ1) is 16.2. The van der Waals surface area contributed by atoms with Crippen molar-refractivity contribution in [1.82, 2.24) is 15.1 Å². The Morgan fingerprint density at radius 3 is 2.76 bits per heavy atom. The summed E-state index contributed by atoms with van der Waals surface area (Å²) in [6.07, 6.45) is 2.54. The average Bonchev–Trinajstić information content (AvgIpc) is 3.29. The Morgan fingerprint density at radius 2 is 1.91 bits per heavy atom. The molecule has 166 valence electrons. The minimum atomic E-state index is -0.158. The summed E-state index contributed by atoms with van der Waals surface area (Å²) >= 11 is 0. The third kappa shape index (κ3) is 4.46. The third-order valence-electron chi connectivity index (χ3n) is 5.80. The van der Waals surface area contributed by atoms with Gasteiger partial charge in [-0.3, -0.25) is 9.48 Å². The van der Waals surface area contributed by atoms with Crippen LogP contribution in [0.15, 0.2) is 85.1 Å². The van der Waals surface area contributed by atoms with E-state index in [1.165, 1.54) is 0 Å². The first kappa shape index (κ1) is 20.8. The maximum atomic E-state index is 13.5. The van der Waals surface area contributed by atoms with Gasteiger partial charge in [0.15, 0.2) is 0 Å². The topological polar surface area (TPSA) is 65.4 Å². The largest absolute Gasteiger partial charge is 0.497 e. The number of para-hydroxylation sites is 1. The fourth-order valence-electron chi connectivity index (χ4n) is 4.15. The van der Waals surface area contributed by atoms with Crippen molar-refractivity contribution in [3.05, 3.63) is 102 Å². The lowest BCUT2D eigenvalue weighted by Crippen LogP contribution is -2.32. The van der Waals surface area contributed by atoms with Crippen LogP contribution in [0.5, 0.6) is 11.5 Å². The van der Waals surface area contributed by atoms with Crippen molar-refractivity contribution in [2.75, 3.05) is 13.7 Å². The summed E-state index contributed by atoms with van der Waals surface area (Å²) in [7, 11) is 1.63. The van der Waals surface area contributed by atoms with Crippen molar-refractivity contribution in [3.8, 4) is 22.8 Å². The van der Waals surface area contributed by atoms with Gasteiger partial charge in [0.1, 0.15) is 17.2 Å². The molecule has 0 aliphatic carbocycles. The Bertz CT molecular complexity index is 1270. The molecule has 0 spiro atoms. The van der Waals surface area contributed by atoms with Gasteiger partial charge >= 0.3 is 0 Å². The van der Waals surface area contributed by atoms with E-state index in [4.69, 9.17) is 14.6 Å². The lowest BCUT2D eigenvalue weighted by Gasteiger charge is -2.26. The van der Waals surface area contributed by atoms with Gasteiger partial charge in [-0.1, -0.05) is 60.7 Å². The van der Waals surface area contributed by atoms with Crippen molar-refractivity contribution < 1.29 is 14.3 Å². The van der Waals surface area contributed by atoms with Crippen LogP contribution in [0.3, 0.4) is 0 Å². The van der Waals surface area contributed by atoms with Gasteiger partial charge in [0.05, 0.1) is 31.9 Å². The molecule has 1 aromatic heterocycles. The van der Waals surface area contributed by atoms with E-state index in [9.17, 15) is 4.79 Å². The molecule has 6 nitrogen and oxygen atoms in total. The summed E-state index contributed by atoms with van der Waals surface area (Å²) < 4.78 is 13.0. The number of nitrogens with zero attached hydrogens (tertiary/aromatic N) is 2. The van der Waals surface area contributed by atoms with E-state index in [1.807, 2.05) is 89.7 Å². The minimum absolute atomic E-state index is 0.113. The van der Waals surface area contributed by atoms with Crippen LogP contribution in [0, 0.1) is 0 Å². The Hall–Kier alpha value is -4.06. The minimum Gasteiger partial charge on any atom is -0.497 e. The molecule has 1 aliphatic heterocycles. The summed E-state index contributed by atoms with van der Waals surface area (Å²) in [5.41, 5.74) is 4.10. The van der Waals surface area contributed by atoms with Crippen LogP contribution in [0.4, 0.5) is 0 Å². The van der Waals surface area contributed by atoms with Gasteiger partial charge < -0.3 is 14.8 Å². The molecule has 1 N–H and O–H groups in total. The summed E-state index contributed by atoms with van der Waals surface area (Å²) in [6.45, 7) is 1.14. The molecule has 0 fully saturated rings. The monoisotopic (exact) mass is 439 g/mol. The number of fused-ring (bicyclic) bond motifs is 1. The molecule has 1 atom stereocenters. The van der Waals surface area contributed by atoms with Crippen LogP contribution in [0.25, 0.3) is 11.3 Å². The summed E-state index contributed by atoms with van der Waals surface area (Å²) in [5, 5.41) is 7.99. The molecule has 0 bridgehead atoms. The number of benzene rings is 3. The fraction of sp³-hybridized carbons (Fsp3) is 0.185. The number of rotatable bonds is 6. The fourth-order valence-corrected chi connectivity index (χ4v) is 4.15. The smallest absolute Gasteiger partial charge is 0.255 e. The SMILES string of the molecule is COc1cccc(-c2nn(Cc3ccccc3)cc2C(=O)N[C@H]2CCOc3ccccc32)c1. The lowest BCUT2D eigenvalue weighted by atomic mass is 10.00. The standard InChI is InChI=1S/C27H25N3O3/c1-32-21-11-7-10-20(16-21)26-23(18-30(29-26)17-19-8-3-2-4-9-19)27(31)28-24-14-15-33-25-13-6-5-12-22(24)25/h2-13,16,18,24H,14-15,17H2,1H3,(H,28,31)/t24-/m0/s1. The van der Waals surface area contributed by atoms with E-state index >= 15 is 0 Å². The number of carbonyl (C=O) groups excluding carboxylic acids is 1. The van der Waals surface area contributed by atoms with Gasteiger partial charge in [-0.05, 0) is 23.8 Å². The number of carbonyl (C=O) groups is 1. The van der Waals surface area contributed by atoms with Crippen molar-refractivity contribution in [3.63, 3.8) is 0 Å². The second-order valence-electron chi connectivity index (χ2n) is 8.01. The van der Waals surface area contributed by atoms with Gasteiger partial charge in [-0.15, -0.1) is 0 Å². The van der Waals surface area contributed by atoms with Crippen molar-refractivity contribution >= 4 is 5.91 Å². The first-order valence-corrected chi connectivity index (χ1v) is 11.0. The molecule has 0 saturated carbocycles. The molecule has 3 aromatic carbocycles. The molecule has 2 heterocycles. The summed E-state index contributed by atoms with van der Waals surface area (Å²) in [6, 6.07) is 25.4. The molecule has 0 saturated heterocycles. The molecular formula is C27H25N3O3. The van der Waals surface area contributed by atoms with E-state index in [1.54, 1.807) is 7.11 Å². The molecule has 0 radical (unpaired) electrons. The molecular weight excluding hydrogens is 414 g/mol. The van der Waals surface area contributed by atoms with Gasteiger partial charge in [0.2, 0.25) is 0 Å².